The second-order valence-electron chi connectivity index (χ2n) is 4.15. The lowest BCUT2D eigenvalue weighted by Crippen LogP contribution is -2.16. The van der Waals surface area contributed by atoms with Gasteiger partial charge in [0.2, 0.25) is 0 Å². The summed E-state index contributed by atoms with van der Waals surface area (Å²) < 4.78 is 5.82. The number of aromatic carboxylic acids is 1. The fourth-order valence-electron chi connectivity index (χ4n) is 1.80. The van der Waals surface area contributed by atoms with Crippen molar-refractivity contribution in [2.75, 3.05) is 0 Å². The molecule has 0 fully saturated rings. The highest BCUT2D eigenvalue weighted by Crippen LogP contribution is 2.18. The van der Waals surface area contributed by atoms with Crippen molar-refractivity contribution in [1.29, 1.82) is 0 Å². The van der Waals surface area contributed by atoms with Crippen LogP contribution in [0, 0.1) is 0 Å². The van der Waals surface area contributed by atoms with E-state index in [4.69, 9.17) is 9.84 Å². The summed E-state index contributed by atoms with van der Waals surface area (Å²) >= 11 is 0. The molecule has 1 N–H and O–H groups in total. The lowest BCUT2D eigenvalue weighted by molar-refractivity contribution is 0.0695. The molecular weight excluding hydrogens is 216 g/mol. The molecule has 0 aliphatic heterocycles. The number of ether oxygens (including phenoxy) is 1. The summed E-state index contributed by atoms with van der Waals surface area (Å²) in [5.74, 6) is -0.269. The van der Waals surface area contributed by atoms with Gasteiger partial charge in [-0.05, 0) is 31.0 Å². The molecule has 0 heterocycles. The van der Waals surface area contributed by atoms with Gasteiger partial charge in [0.25, 0.3) is 0 Å². The molecule has 0 saturated heterocycles. The predicted octanol–water partition coefficient (Wildman–Crippen LogP) is 3.73. The minimum atomic E-state index is -0.919. The molecule has 1 aromatic carbocycles. The Kier molecular flexibility index (Phi) is 5.53. The fraction of sp³-hybridized carbons (Fsp3) is 0.500. The third-order valence-electron chi connectivity index (χ3n) is 2.61. The summed E-state index contributed by atoms with van der Waals surface area (Å²) in [7, 11) is 0. The maximum Gasteiger partial charge on any atom is 0.335 e. The average Bonchev–Trinajstić information content (AvgIpc) is 2.30. The van der Waals surface area contributed by atoms with E-state index < -0.39 is 5.97 Å². The van der Waals surface area contributed by atoms with E-state index >= 15 is 0 Å². The lowest BCUT2D eigenvalue weighted by Gasteiger charge is -2.18. The Bertz CT molecular complexity index is 354. The zero-order valence-corrected chi connectivity index (χ0v) is 10.5. The maximum absolute atomic E-state index is 10.8. The molecule has 0 aliphatic carbocycles. The quantitative estimate of drug-likeness (QED) is 0.784. The molecule has 0 aromatic heterocycles. The second-order valence-corrected chi connectivity index (χ2v) is 4.15. The van der Waals surface area contributed by atoms with Gasteiger partial charge in [0.15, 0.2) is 0 Å². The van der Waals surface area contributed by atoms with Gasteiger partial charge in [0.05, 0.1) is 11.7 Å². The highest BCUT2D eigenvalue weighted by Gasteiger charge is 2.10. The number of carboxylic acids is 1. The highest BCUT2D eigenvalue weighted by molar-refractivity contribution is 5.87. The Labute approximate surface area is 102 Å². The van der Waals surface area contributed by atoms with Crippen LogP contribution in [0.4, 0.5) is 0 Å². The number of hydrogen-bond donors (Lipinski definition) is 1. The molecule has 94 valence electrons. The van der Waals surface area contributed by atoms with Gasteiger partial charge in [-0.2, -0.15) is 0 Å². The minimum absolute atomic E-state index is 0.189. The van der Waals surface area contributed by atoms with E-state index in [1.165, 1.54) is 0 Å². The zero-order chi connectivity index (χ0) is 12.7. The Morgan fingerprint density at radius 2 is 1.94 bits per heavy atom. The average molecular weight is 236 g/mol. The second kappa shape index (κ2) is 6.94. The van der Waals surface area contributed by atoms with Crippen molar-refractivity contribution in [3.8, 4) is 5.75 Å². The van der Waals surface area contributed by atoms with E-state index in [0.29, 0.717) is 5.75 Å². The molecule has 0 spiro atoms. The normalized spacial score (nSPS) is 10.5. The van der Waals surface area contributed by atoms with E-state index in [2.05, 4.69) is 13.8 Å². The highest BCUT2D eigenvalue weighted by atomic mass is 16.5. The molecule has 0 amide bonds. The van der Waals surface area contributed by atoms with Gasteiger partial charge < -0.3 is 9.84 Å². The number of carbonyl (C=O) groups is 1. The van der Waals surface area contributed by atoms with E-state index in [0.717, 1.165) is 25.7 Å². The van der Waals surface area contributed by atoms with E-state index in [-0.39, 0.29) is 11.7 Å². The van der Waals surface area contributed by atoms with E-state index in [1.54, 1.807) is 18.2 Å². The Morgan fingerprint density at radius 3 is 2.47 bits per heavy atom. The molecule has 17 heavy (non-hydrogen) atoms. The van der Waals surface area contributed by atoms with Crippen molar-refractivity contribution < 1.29 is 14.6 Å². The van der Waals surface area contributed by atoms with Gasteiger partial charge in [-0.3, -0.25) is 0 Å². The van der Waals surface area contributed by atoms with Crippen LogP contribution in [0.25, 0.3) is 0 Å². The number of hydrogen-bond acceptors (Lipinski definition) is 2. The predicted molar refractivity (Wildman–Crippen MR) is 67.6 cm³/mol. The standard InChI is InChI=1S/C14H20O3/c1-3-6-12(7-4-2)17-13-9-5-8-11(10-13)14(15)16/h5,8-10,12H,3-4,6-7H2,1-2H3,(H,15,16). The van der Waals surface area contributed by atoms with Crippen LogP contribution in [-0.2, 0) is 0 Å². The molecular formula is C14H20O3. The van der Waals surface area contributed by atoms with Crippen molar-refractivity contribution in [1.82, 2.24) is 0 Å². The van der Waals surface area contributed by atoms with Crippen molar-refractivity contribution in [3.05, 3.63) is 29.8 Å². The summed E-state index contributed by atoms with van der Waals surface area (Å²) in [6.07, 6.45) is 4.34. The third-order valence-corrected chi connectivity index (χ3v) is 2.61. The van der Waals surface area contributed by atoms with Gasteiger partial charge in [-0.15, -0.1) is 0 Å². The zero-order valence-electron chi connectivity index (χ0n) is 10.5. The van der Waals surface area contributed by atoms with Gasteiger partial charge >= 0.3 is 5.97 Å². The maximum atomic E-state index is 10.8. The Hall–Kier alpha value is -1.51. The summed E-state index contributed by atoms with van der Waals surface area (Å²) in [6.45, 7) is 4.25. The summed E-state index contributed by atoms with van der Waals surface area (Å²) in [5, 5.41) is 8.89. The molecule has 0 radical (unpaired) electrons. The first-order valence-electron chi connectivity index (χ1n) is 6.17. The first-order chi connectivity index (χ1) is 8.17. The van der Waals surface area contributed by atoms with Crippen molar-refractivity contribution in [3.63, 3.8) is 0 Å². The van der Waals surface area contributed by atoms with Crippen LogP contribution in [0.1, 0.15) is 49.9 Å². The summed E-state index contributed by atoms with van der Waals surface area (Å²) in [6, 6.07) is 6.68. The third kappa shape index (κ3) is 4.47. The smallest absolute Gasteiger partial charge is 0.335 e. The van der Waals surface area contributed by atoms with Crippen molar-refractivity contribution >= 4 is 5.97 Å². The van der Waals surface area contributed by atoms with Crippen molar-refractivity contribution in [2.45, 2.75) is 45.6 Å². The molecule has 0 atom stereocenters. The van der Waals surface area contributed by atoms with Gasteiger partial charge in [0.1, 0.15) is 5.75 Å². The molecule has 0 unspecified atom stereocenters. The van der Waals surface area contributed by atoms with Crippen LogP contribution >= 0.6 is 0 Å². The largest absolute Gasteiger partial charge is 0.490 e. The first-order valence-corrected chi connectivity index (χ1v) is 6.17. The van der Waals surface area contributed by atoms with Gasteiger partial charge in [0, 0.05) is 0 Å². The van der Waals surface area contributed by atoms with Crippen LogP contribution in [0.3, 0.4) is 0 Å². The lowest BCUT2D eigenvalue weighted by atomic mass is 10.1. The van der Waals surface area contributed by atoms with Crippen LogP contribution < -0.4 is 4.74 Å². The molecule has 0 saturated carbocycles. The Morgan fingerprint density at radius 1 is 1.29 bits per heavy atom. The molecule has 1 aromatic rings. The van der Waals surface area contributed by atoms with Crippen molar-refractivity contribution in [2.24, 2.45) is 0 Å². The van der Waals surface area contributed by atoms with E-state index in [9.17, 15) is 4.79 Å². The first kappa shape index (κ1) is 13.6. The fourth-order valence-corrected chi connectivity index (χ4v) is 1.80. The number of carboxylic acid groups (broad SMARTS) is 1. The van der Waals surface area contributed by atoms with Gasteiger partial charge in [-0.1, -0.05) is 32.8 Å². The number of benzene rings is 1. The van der Waals surface area contributed by atoms with E-state index in [1.807, 2.05) is 6.07 Å². The van der Waals surface area contributed by atoms with Crippen LogP contribution in [0.15, 0.2) is 24.3 Å². The topological polar surface area (TPSA) is 46.5 Å². The Balaban J connectivity index is 2.71. The summed E-state index contributed by atoms with van der Waals surface area (Å²) in [5.41, 5.74) is 0.272. The van der Waals surface area contributed by atoms with Gasteiger partial charge in [-0.25, -0.2) is 4.79 Å². The number of rotatable bonds is 7. The monoisotopic (exact) mass is 236 g/mol. The molecule has 1 rings (SSSR count). The van der Waals surface area contributed by atoms with Crippen LogP contribution in [-0.4, -0.2) is 17.2 Å². The molecule has 0 bridgehead atoms. The summed E-state index contributed by atoms with van der Waals surface area (Å²) in [4.78, 5) is 10.8. The molecule has 3 nitrogen and oxygen atoms in total. The van der Waals surface area contributed by atoms with Crippen LogP contribution in [0.5, 0.6) is 5.75 Å². The SMILES string of the molecule is CCCC(CCC)Oc1cccc(C(=O)O)c1. The molecule has 3 heteroatoms. The molecule has 0 aliphatic rings. The van der Waals surface area contributed by atoms with Crippen LogP contribution in [0.2, 0.25) is 0 Å². The minimum Gasteiger partial charge on any atom is -0.490 e.